The van der Waals surface area contributed by atoms with E-state index in [2.05, 4.69) is 5.32 Å². The van der Waals surface area contributed by atoms with E-state index in [1.165, 1.54) is 18.3 Å². The maximum atomic E-state index is 13.2. The molecular formula is C23H24FN3O4S. The molecule has 2 heterocycles. The van der Waals surface area contributed by atoms with Crippen molar-refractivity contribution in [3.63, 3.8) is 0 Å². The average molecular weight is 458 g/mol. The molecule has 0 aliphatic carbocycles. The lowest BCUT2D eigenvalue weighted by Gasteiger charge is -2.15. The van der Waals surface area contributed by atoms with E-state index in [-0.39, 0.29) is 28.2 Å². The van der Waals surface area contributed by atoms with Gasteiger partial charge in [0.25, 0.3) is 0 Å². The van der Waals surface area contributed by atoms with Crippen LogP contribution in [0.4, 0.5) is 4.39 Å². The van der Waals surface area contributed by atoms with E-state index in [0.29, 0.717) is 36.8 Å². The summed E-state index contributed by atoms with van der Waals surface area (Å²) in [4.78, 5) is 26.0. The maximum absolute atomic E-state index is 13.2. The lowest BCUT2D eigenvalue weighted by molar-refractivity contribution is -0.127. The van der Waals surface area contributed by atoms with Crippen molar-refractivity contribution in [1.82, 2.24) is 14.8 Å². The number of nitrogens with zero attached hydrogens (tertiary/aromatic N) is 2. The van der Waals surface area contributed by atoms with Crippen molar-refractivity contribution in [1.29, 1.82) is 0 Å². The number of hydrogen-bond acceptors (Lipinski definition) is 4. The van der Waals surface area contributed by atoms with Crippen LogP contribution in [0.15, 0.2) is 64.5 Å². The second-order valence-corrected chi connectivity index (χ2v) is 9.70. The van der Waals surface area contributed by atoms with Crippen molar-refractivity contribution in [2.45, 2.75) is 35.6 Å². The van der Waals surface area contributed by atoms with Crippen LogP contribution >= 0.6 is 0 Å². The van der Waals surface area contributed by atoms with E-state index in [0.717, 1.165) is 25.1 Å². The molecule has 1 fully saturated rings. The van der Waals surface area contributed by atoms with Crippen LogP contribution in [0.25, 0.3) is 10.9 Å². The Balaban J connectivity index is 1.48. The van der Waals surface area contributed by atoms with Crippen LogP contribution in [0.5, 0.6) is 0 Å². The number of carbonyl (C=O) groups is 2. The van der Waals surface area contributed by atoms with Gasteiger partial charge in [-0.05, 0) is 43.2 Å². The molecule has 2 amide bonds. The highest BCUT2D eigenvalue weighted by atomic mass is 32.2. The van der Waals surface area contributed by atoms with Gasteiger partial charge in [-0.25, -0.2) is 12.8 Å². The smallest absolute Gasteiger partial charge is 0.239 e. The molecule has 0 bridgehead atoms. The monoisotopic (exact) mass is 457 g/mol. The summed E-state index contributed by atoms with van der Waals surface area (Å²) >= 11 is 0. The van der Waals surface area contributed by atoms with E-state index in [9.17, 15) is 22.4 Å². The summed E-state index contributed by atoms with van der Waals surface area (Å²) in [5.74, 6) is -0.605. The van der Waals surface area contributed by atoms with Gasteiger partial charge < -0.3 is 14.8 Å². The van der Waals surface area contributed by atoms with Gasteiger partial charge in [0.05, 0.1) is 9.79 Å². The molecule has 0 atom stereocenters. The molecule has 4 rings (SSSR count). The Morgan fingerprint density at radius 3 is 2.56 bits per heavy atom. The first kappa shape index (κ1) is 22.0. The summed E-state index contributed by atoms with van der Waals surface area (Å²) in [6.07, 6.45) is 3.59. The number of benzene rings is 2. The Labute approximate surface area is 185 Å². The minimum Gasteiger partial charge on any atom is -0.354 e. The predicted molar refractivity (Wildman–Crippen MR) is 117 cm³/mol. The highest BCUT2D eigenvalue weighted by Gasteiger charge is 2.24. The zero-order valence-corrected chi connectivity index (χ0v) is 18.3. The molecule has 0 unspecified atom stereocenters. The molecular weight excluding hydrogens is 433 g/mol. The Bertz CT molecular complexity index is 1250. The average Bonchev–Trinajstić information content (AvgIpc) is 3.35. The molecule has 1 N–H and O–H groups in total. The van der Waals surface area contributed by atoms with Crippen LogP contribution in [0.1, 0.15) is 19.3 Å². The summed E-state index contributed by atoms with van der Waals surface area (Å²) in [6, 6.07) is 11.6. The van der Waals surface area contributed by atoms with Crippen molar-refractivity contribution < 1.29 is 22.4 Å². The molecule has 1 saturated heterocycles. The van der Waals surface area contributed by atoms with Crippen LogP contribution in [0.2, 0.25) is 0 Å². The van der Waals surface area contributed by atoms with E-state index < -0.39 is 15.7 Å². The first-order valence-corrected chi connectivity index (χ1v) is 12.0. The van der Waals surface area contributed by atoms with Crippen molar-refractivity contribution in [2.24, 2.45) is 0 Å². The number of nitrogens with one attached hydrogen (secondary N) is 1. The second kappa shape index (κ2) is 9.12. The van der Waals surface area contributed by atoms with Crippen molar-refractivity contribution in [2.75, 3.05) is 19.6 Å². The fourth-order valence-corrected chi connectivity index (χ4v) is 5.42. The van der Waals surface area contributed by atoms with Gasteiger partial charge in [0, 0.05) is 43.2 Å². The summed E-state index contributed by atoms with van der Waals surface area (Å²) < 4.78 is 41.2. The van der Waals surface area contributed by atoms with Gasteiger partial charge >= 0.3 is 0 Å². The number of halogens is 1. The van der Waals surface area contributed by atoms with Crippen LogP contribution in [-0.4, -0.2) is 49.3 Å². The highest BCUT2D eigenvalue weighted by molar-refractivity contribution is 7.91. The standard InChI is InChI=1S/C23H24FN3O4S/c24-17-8-10-18(11-9-17)32(30,31)21-15-27(20-6-2-1-5-19(20)21)16-22(28)25-12-4-14-26-13-3-7-23(26)29/h1-2,5-6,8-11,15H,3-4,7,12-14,16H2,(H,25,28). The summed E-state index contributed by atoms with van der Waals surface area (Å²) in [7, 11) is -3.89. The minimum atomic E-state index is -3.89. The lowest BCUT2D eigenvalue weighted by atomic mass is 10.2. The zero-order chi connectivity index (χ0) is 22.7. The number of rotatable bonds is 8. The molecule has 0 saturated carbocycles. The van der Waals surface area contributed by atoms with E-state index in [1.54, 1.807) is 33.7 Å². The molecule has 1 aliphatic rings. The third-order valence-electron chi connectivity index (χ3n) is 5.58. The van der Waals surface area contributed by atoms with Gasteiger partial charge in [0.2, 0.25) is 21.7 Å². The molecule has 168 valence electrons. The SMILES string of the molecule is O=C(Cn1cc(S(=O)(=O)c2ccc(F)cc2)c2ccccc21)NCCCN1CCCC1=O. The number of aromatic nitrogens is 1. The van der Waals surface area contributed by atoms with E-state index in [1.807, 2.05) is 0 Å². The fourth-order valence-electron chi connectivity index (χ4n) is 3.95. The molecule has 1 aliphatic heterocycles. The third kappa shape index (κ3) is 4.52. The second-order valence-electron chi connectivity index (χ2n) is 7.78. The van der Waals surface area contributed by atoms with Crippen LogP contribution < -0.4 is 5.32 Å². The highest BCUT2D eigenvalue weighted by Crippen LogP contribution is 2.30. The van der Waals surface area contributed by atoms with Crippen molar-refractivity contribution >= 4 is 32.6 Å². The van der Waals surface area contributed by atoms with Crippen molar-refractivity contribution in [3.8, 4) is 0 Å². The quantitative estimate of drug-likeness (QED) is 0.416. The van der Waals surface area contributed by atoms with Crippen LogP contribution in [-0.2, 0) is 26.0 Å². The van der Waals surface area contributed by atoms with Gasteiger partial charge in [-0.1, -0.05) is 18.2 Å². The number of sulfone groups is 1. The molecule has 1 aromatic heterocycles. The minimum absolute atomic E-state index is 0.0114. The molecule has 9 heteroatoms. The van der Waals surface area contributed by atoms with Crippen LogP contribution in [0, 0.1) is 5.82 Å². The predicted octanol–water partition coefficient (Wildman–Crippen LogP) is 2.74. The lowest BCUT2D eigenvalue weighted by Crippen LogP contribution is -2.32. The normalized spacial score (nSPS) is 14.3. The third-order valence-corrected chi connectivity index (χ3v) is 7.37. The molecule has 0 radical (unpaired) electrons. The van der Waals surface area contributed by atoms with Gasteiger partial charge in [-0.3, -0.25) is 9.59 Å². The Morgan fingerprint density at radius 1 is 1.09 bits per heavy atom. The number of fused-ring (bicyclic) bond motifs is 1. The molecule has 3 aromatic rings. The summed E-state index contributed by atoms with van der Waals surface area (Å²) in [6.45, 7) is 1.78. The summed E-state index contributed by atoms with van der Waals surface area (Å²) in [5, 5.41) is 3.33. The number of hydrogen-bond donors (Lipinski definition) is 1. The van der Waals surface area contributed by atoms with Gasteiger partial charge in [0.1, 0.15) is 12.4 Å². The van der Waals surface area contributed by atoms with E-state index in [4.69, 9.17) is 0 Å². The molecule has 0 spiro atoms. The maximum Gasteiger partial charge on any atom is 0.239 e. The molecule has 32 heavy (non-hydrogen) atoms. The number of amides is 2. The first-order chi connectivity index (χ1) is 15.4. The topological polar surface area (TPSA) is 88.5 Å². The van der Waals surface area contributed by atoms with Gasteiger partial charge in [-0.2, -0.15) is 0 Å². The fraction of sp³-hybridized carbons (Fsp3) is 0.304. The zero-order valence-electron chi connectivity index (χ0n) is 17.5. The van der Waals surface area contributed by atoms with Crippen molar-refractivity contribution in [3.05, 3.63) is 60.5 Å². The van der Waals surface area contributed by atoms with E-state index >= 15 is 0 Å². The van der Waals surface area contributed by atoms with Gasteiger partial charge in [-0.15, -0.1) is 0 Å². The summed E-state index contributed by atoms with van der Waals surface area (Å²) in [5.41, 5.74) is 0.617. The van der Waals surface area contributed by atoms with Gasteiger partial charge in [0.15, 0.2) is 0 Å². The largest absolute Gasteiger partial charge is 0.354 e. The first-order valence-electron chi connectivity index (χ1n) is 10.5. The number of para-hydroxylation sites is 1. The molecule has 2 aromatic carbocycles. The number of likely N-dealkylation sites (tertiary alicyclic amines) is 1. The van der Waals surface area contributed by atoms with Crippen LogP contribution in [0.3, 0.4) is 0 Å². The Hall–Kier alpha value is -3.20. The Morgan fingerprint density at radius 2 is 1.84 bits per heavy atom. The number of carbonyl (C=O) groups excluding carboxylic acids is 2. The Kier molecular flexibility index (Phi) is 6.27. The molecule has 7 nitrogen and oxygen atoms in total.